The summed E-state index contributed by atoms with van der Waals surface area (Å²) in [5.41, 5.74) is 8.05. The van der Waals surface area contributed by atoms with Gasteiger partial charge in [-0.1, -0.05) is 35.6 Å². The number of benzene rings is 2. The number of anilines is 1. The first kappa shape index (κ1) is 22.7. The molecule has 2 heterocycles. The van der Waals surface area contributed by atoms with Crippen molar-refractivity contribution in [3.05, 3.63) is 86.7 Å². The van der Waals surface area contributed by atoms with Gasteiger partial charge in [-0.3, -0.25) is 4.79 Å². The van der Waals surface area contributed by atoms with Crippen LogP contribution in [0.25, 0.3) is 5.13 Å². The molecule has 0 fully saturated rings. The molecule has 1 N–H and O–H groups in total. The molecule has 0 spiro atoms. The van der Waals surface area contributed by atoms with Gasteiger partial charge in [0.05, 0.1) is 18.5 Å². The fourth-order valence-corrected chi connectivity index (χ4v) is 4.78. The lowest BCUT2D eigenvalue weighted by atomic mass is 10.0. The van der Waals surface area contributed by atoms with E-state index < -0.39 is 0 Å². The number of hydrogen-bond donors (Lipinski definition) is 1. The number of carbonyl (C=O) groups is 1. The van der Waals surface area contributed by atoms with E-state index >= 15 is 0 Å². The number of nitrogens with zero attached hydrogens (tertiary/aromatic N) is 3. The number of rotatable bonds is 6. The Hall–Kier alpha value is -3.45. The molecule has 0 unspecified atom stereocenters. The average Bonchev–Trinajstić information content (AvgIpc) is 3.32. The highest BCUT2D eigenvalue weighted by molar-refractivity contribution is 7.16. The van der Waals surface area contributed by atoms with Gasteiger partial charge in [0.1, 0.15) is 10.6 Å². The van der Waals surface area contributed by atoms with Gasteiger partial charge in [0.2, 0.25) is 5.13 Å². The summed E-state index contributed by atoms with van der Waals surface area (Å²) >= 11 is 1.36. The van der Waals surface area contributed by atoms with E-state index in [2.05, 4.69) is 22.4 Å². The van der Waals surface area contributed by atoms with Crippen molar-refractivity contribution < 1.29 is 9.53 Å². The van der Waals surface area contributed by atoms with Crippen LogP contribution in [0.5, 0.6) is 5.75 Å². The molecular weight excluding hydrogens is 432 g/mol. The number of methoxy groups -OCH3 is 1. The minimum Gasteiger partial charge on any atom is -0.497 e. The number of nitrogens with one attached hydrogen (secondary N) is 1. The van der Waals surface area contributed by atoms with E-state index in [0.717, 1.165) is 45.9 Å². The van der Waals surface area contributed by atoms with Gasteiger partial charge in [0.15, 0.2) is 0 Å². The van der Waals surface area contributed by atoms with Crippen LogP contribution in [0.3, 0.4) is 0 Å². The maximum Gasteiger partial charge on any atom is 0.267 e. The van der Waals surface area contributed by atoms with Crippen LogP contribution >= 0.6 is 11.3 Å². The highest BCUT2D eigenvalue weighted by Gasteiger charge is 2.21. The van der Waals surface area contributed by atoms with Crippen LogP contribution in [0.15, 0.2) is 42.5 Å². The van der Waals surface area contributed by atoms with E-state index in [1.165, 1.54) is 16.9 Å². The Morgan fingerprint density at radius 2 is 1.76 bits per heavy atom. The van der Waals surface area contributed by atoms with Crippen LogP contribution in [-0.2, 0) is 6.42 Å². The van der Waals surface area contributed by atoms with Crippen LogP contribution in [0.2, 0.25) is 0 Å². The van der Waals surface area contributed by atoms with Gasteiger partial charge in [-0.2, -0.15) is 5.10 Å². The number of amides is 1. The number of ether oxygens (including phenoxy) is 1. The predicted octanol–water partition coefficient (Wildman–Crippen LogP) is 5.72. The van der Waals surface area contributed by atoms with Crippen molar-refractivity contribution in [2.45, 2.75) is 41.0 Å². The zero-order valence-electron chi connectivity index (χ0n) is 19.8. The summed E-state index contributed by atoms with van der Waals surface area (Å²) in [6.07, 6.45) is 0.770. The summed E-state index contributed by atoms with van der Waals surface area (Å²) in [5.74, 6) is 0.692. The Labute approximate surface area is 198 Å². The van der Waals surface area contributed by atoms with E-state index in [-0.39, 0.29) is 5.91 Å². The van der Waals surface area contributed by atoms with Crippen molar-refractivity contribution in [3.63, 3.8) is 0 Å². The fourth-order valence-electron chi connectivity index (χ4n) is 3.81. The van der Waals surface area contributed by atoms with E-state index in [4.69, 9.17) is 9.84 Å². The van der Waals surface area contributed by atoms with Gasteiger partial charge in [0.25, 0.3) is 5.91 Å². The van der Waals surface area contributed by atoms with E-state index in [1.54, 1.807) is 7.11 Å². The third kappa shape index (κ3) is 4.54. The Morgan fingerprint density at radius 3 is 2.45 bits per heavy atom. The first-order valence-electron chi connectivity index (χ1n) is 10.8. The Balaban J connectivity index is 1.60. The number of hydrogen-bond acceptors (Lipinski definition) is 5. The topological polar surface area (TPSA) is 69.0 Å². The molecule has 0 saturated heterocycles. The lowest BCUT2D eigenvalue weighted by Crippen LogP contribution is -2.12. The normalized spacial score (nSPS) is 11.0. The van der Waals surface area contributed by atoms with Crippen molar-refractivity contribution in [1.29, 1.82) is 0 Å². The number of aryl methyl sites for hydroxylation is 3. The molecule has 7 heteroatoms. The van der Waals surface area contributed by atoms with Gasteiger partial charge < -0.3 is 10.1 Å². The maximum absolute atomic E-state index is 13.0. The van der Waals surface area contributed by atoms with Crippen molar-refractivity contribution in [3.8, 4) is 10.9 Å². The molecule has 33 heavy (non-hydrogen) atoms. The summed E-state index contributed by atoms with van der Waals surface area (Å²) in [6.45, 7) is 9.97. The summed E-state index contributed by atoms with van der Waals surface area (Å²) in [4.78, 5) is 18.3. The van der Waals surface area contributed by atoms with Crippen molar-refractivity contribution in [2.24, 2.45) is 0 Å². The lowest BCUT2D eigenvalue weighted by Gasteiger charge is -2.09. The molecule has 0 bridgehead atoms. The lowest BCUT2D eigenvalue weighted by molar-refractivity contribution is 0.102. The van der Waals surface area contributed by atoms with Gasteiger partial charge in [-0.25, -0.2) is 9.67 Å². The van der Waals surface area contributed by atoms with Crippen LogP contribution in [0.1, 0.15) is 49.0 Å². The predicted molar refractivity (Wildman–Crippen MR) is 133 cm³/mol. The second kappa shape index (κ2) is 9.19. The zero-order chi connectivity index (χ0) is 23.7. The molecular formula is C26H28N4O2S. The van der Waals surface area contributed by atoms with E-state index in [0.29, 0.717) is 15.7 Å². The third-order valence-electron chi connectivity index (χ3n) is 6.01. The Morgan fingerprint density at radius 1 is 1.03 bits per heavy atom. The smallest absolute Gasteiger partial charge is 0.267 e. The molecule has 2 aromatic carbocycles. The zero-order valence-corrected chi connectivity index (χ0v) is 20.6. The molecule has 0 radical (unpaired) electrons. The van der Waals surface area contributed by atoms with Crippen LogP contribution in [-0.4, -0.2) is 27.8 Å². The fraction of sp³-hybridized carbons (Fsp3) is 0.269. The maximum atomic E-state index is 13.0. The minimum absolute atomic E-state index is 0.148. The second-order valence-electron chi connectivity index (χ2n) is 8.20. The highest BCUT2D eigenvalue weighted by Crippen LogP contribution is 2.28. The molecule has 0 aliphatic heterocycles. The molecule has 4 rings (SSSR count). The molecule has 4 aromatic rings. The number of carbonyl (C=O) groups excluding carboxylic acids is 1. The number of aromatic nitrogens is 3. The summed E-state index contributed by atoms with van der Waals surface area (Å²) in [5, 5.41) is 8.47. The summed E-state index contributed by atoms with van der Waals surface area (Å²) in [7, 11) is 1.67. The van der Waals surface area contributed by atoms with Crippen LogP contribution in [0, 0.1) is 34.6 Å². The monoisotopic (exact) mass is 460 g/mol. The van der Waals surface area contributed by atoms with Gasteiger partial charge in [0, 0.05) is 23.4 Å². The second-order valence-corrected chi connectivity index (χ2v) is 9.18. The molecule has 170 valence electrons. The molecule has 0 saturated carbocycles. The van der Waals surface area contributed by atoms with Crippen molar-refractivity contribution in [1.82, 2.24) is 14.8 Å². The van der Waals surface area contributed by atoms with Crippen molar-refractivity contribution >= 4 is 22.9 Å². The molecule has 0 aliphatic rings. The summed E-state index contributed by atoms with van der Waals surface area (Å²) < 4.78 is 7.10. The van der Waals surface area contributed by atoms with Crippen molar-refractivity contribution in [2.75, 3.05) is 12.4 Å². The molecule has 6 nitrogen and oxygen atoms in total. The van der Waals surface area contributed by atoms with Crippen LogP contribution < -0.4 is 10.1 Å². The van der Waals surface area contributed by atoms with Gasteiger partial charge in [-0.15, -0.1) is 0 Å². The van der Waals surface area contributed by atoms with E-state index in [1.807, 2.05) is 69.6 Å². The molecule has 0 aliphatic carbocycles. The van der Waals surface area contributed by atoms with Gasteiger partial charge in [-0.05, 0) is 69.5 Å². The molecule has 1 amide bonds. The summed E-state index contributed by atoms with van der Waals surface area (Å²) in [6, 6.07) is 14.0. The minimum atomic E-state index is -0.148. The van der Waals surface area contributed by atoms with E-state index in [9.17, 15) is 4.79 Å². The quantitative estimate of drug-likeness (QED) is 0.399. The van der Waals surface area contributed by atoms with Crippen LogP contribution in [0.4, 0.5) is 5.69 Å². The van der Waals surface area contributed by atoms with Gasteiger partial charge >= 0.3 is 0 Å². The highest BCUT2D eigenvalue weighted by atomic mass is 32.1. The third-order valence-corrected chi connectivity index (χ3v) is 7.14. The molecule has 0 atom stereocenters. The average molecular weight is 461 g/mol. The molecule has 2 aromatic heterocycles. The standard InChI is InChI=1S/C26H28N4O2S/c1-15-8-7-9-23(16(15)2)28-25(31)24-18(4)27-26(33-24)30-19(5)22(17(3)29-30)14-20-10-12-21(32-6)13-11-20/h7-13H,14H2,1-6H3,(H,28,31). The SMILES string of the molecule is COc1ccc(Cc2c(C)nn(-c3nc(C)c(C(=O)Nc4cccc(C)c4C)s3)c2C)cc1. The first-order valence-corrected chi connectivity index (χ1v) is 11.6. The first-order chi connectivity index (χ1) is 15.8. The Bertz CT molecular complexity index is 1320. The number of thiazole rings is 1. The Kier molecular flexibility index (Phi) is 6.33. The largest absolute Gasteiger partial charge is 0.497 e.